The number of benzene rings is 1. The molecule has 0 fully saturated rings. The number of nitrogen functional groups attached to an aromatic ring is 1. The van der Waals surface area contributed by atoms with Gasteiger partial charge in [-0.3, -0.25) is 0 Å². The van der Waals surface area contributed by atoms with E-state index in [1.165, 1.54) is 18.2 Å². The Kier molecular flexibility index (Phi) is 5.44. The third kappa shape index (κ3) is 4.48. The zero-order valence-corrected chi connectivity index (χ0v) is 12.2. The first-order chi connectivity index (χ1) is 8.33. The summed E-state index contributed by atoms with van der Waals surface area (Å²) >= 11 is 5.88. The predicted molar refractivity (Wildman–Crippen MR) is 75.1 cm³/mol. The molecule has 0 aromatic heterocycles. The first kappa shape index (κ1) is 15.3. The Balaban J connectivity index is 2.69. The summed E-state index contributed by atoms with van der Waals surface area (Å²) in [7, 11) is -3.54. The number of nitrogens with two attached hydrogens (primary N) is 1. The summed E-state index contributed by atoms with van der Waals surface area (Å²) in [6, 6.07) is 4.38. The second kappa shape index (κ2) is 6.41. The minimum atomic E-state index is -3.54. The van der Waals surface area contributed by atoms with Crippen LogP contribution in [0.3, 0.4) is 0 Å². The molecule has 4 nitrogen and oxygen atoms in total. The number of rotatable bonds is 6. The minimum absolute atomic E-state index is 0.0721. The van der Waals surface area contributed by atoms with E-state index in [-0.39, 0.29) is 9.92 Å². The van der Waals surface area contributed by atoms with Gasteiger partial charge in [-0.15, -0.1) is 0 Å². The molecule has 0 spiro atoms. The quantitative estimate of drug-likeness (QED) is 0.625. The van der Waals surface area contributed by atoms with Gasteiger partial charge < -0.3 is 5.73 Å². The topological polar surface area (TPSA) is 72.2 Å². The van der Waals surface area contributed by atoms with Gasteiger partial charge in [-0.25, -0.2) is 13.1 Å². The van der Waals surface area contributed by atoms with Gasteiger partial charge >= 0.3 is 0 Å². The van der Waals surface area contributed by atoms with E-state index in [2.05, 4.69) is 18.6 Å². The highest BCUT2D eigenvalue weighted by Gasteiger charge is 2.17. The summed E-state index contributed by atoms with van der Waals surface area (Å²) in [4.78, 5) is 0.0721. The molecular weight excluding hydrogens is 272 g/mol. The van der Waals surface area contributed by atoms with Crippen molar-refractivity contribution in [2.45, 2.75) is 31.6 Å². The molecule has 0 aliphatic heterocycles. The molecule has 0 bridgehead atoms. The number of sulfonamides is 1. The van der Waals surface area contributed by atoms with Crippen LogP contribution in [0.5, 0.6) is 0 Å². The van der Waals surface area contributed by atoms with E-state index in [0.29, 0.717) is 18.2 Å². The van der Waals surface area contributed by atoms with Crippen LogP contribution >= 0.6 is 11.6 Å². The molecule has 0 unspecified atom stereocenters. The van der Waals surface area contributed by atoms with Crippen LogP contribution in [-0.2, 0) is 10.0 Å². The highest BCUT2D eigenvalue weighted by molar-refractivity contribution is 7.89. The summed E-state index contributed by atoms with van der Waals surface area (Å²) in [5.41, 5.74) is 5.97. The Bertz CT molecular complexity index is 501. The lowest BCUT2D eigenvalue weighted by molar-refractivity contribution is 0.540. The SMILES string of the molecule is CC(C)CCCNS(=O)(=O)c1ccc(N)cc1Cl. The van der Waals surface area contributed by atoms with E-state index < -0.39 is 10.0 Å². The fourth-order valence-corrected chi connectivity index (χ4v) is 3.15. The molecule has 0 heterocycles. The second-order valence-corrected chi connectivity index (χ2v) is 6.77. The van der Waals surface area contributed by atoms with Gasteiger partial charge in [0.1, 0.15) is 4.90 Å². The number of halogens is 1. The second-order valence-electron chi connectivity index (χ2n) is 4.62. The Morgan fingerprint density at radius 1 is 1.39 bits per heavy atom. The van der Waals surface area contributed by atoms with Crippen LogP contribution in [0.1, 0.15) is 26.7 Å². The third-order valence-electron chi connectivity index (χ3n) is 2.50. The van der Waals surface area contributed by atoms with Crippen LogP contribution in [0.15, 0.2) is 23.1 Å². The van der Waals surface area contributed by atoms with Crippen LogP contribution < -0.4 is 10.5 Å². The molecule has 3 N–H and O–H groups in total. The Morgan fingerprint density at radius 2 is 2.06 bits per heavy atom. The van der Waals surface area contributed by atoms with Gasteiger partial charge in [0.25, 0.3) is 0 Å². The maximum Gasteiger partial charge on any atom is 0.242 e. The van der Waals surface area contributed by atoms with Crippen molar-refractivity contribution in [3.8, 4) is 0 Å². The normalized spacial score (nSPS) is 12.0. The molecule has 18 heavy (non-hydrogen) atoms. The summed E-state index contributed by atoms with van der Waals surface area (Å²) in [5.74, 6) is 0.564. The van der Waals surface area contributed by atoms with Crippen LogP contribution in [0.25, 0.3) is 0 Å². The molecule has 0 amide bonds. The number of hydrogen-bond acceptors (Lipinski definition) is 3. The first-order valence-electron chi connectivity index (χ1n) is 5.87. The Labute approximate surface area is 114 Å². The van der Waals surface area contributed by atoms with E-state index in [1.54, 1.807) is 0 Å². The van der Waals surface area contributed by atoms with E-state index in [9.17, 15) is 8.42 Å². The molecule has 102 valence electrons. The lowest BCUT2D eigenvalue weighted by Gasteiger charge is -2.09. The number of nitrogens with one attached hydrogen (secondary N) is 1. The Hall–Kier alpha value is -0.780. The summed E-state index contributed by atoms with van der Waals surface area (Å²) in [5, 5.41) is 0.145. The van der Waals surface area contributed by atoms with E-state index in [0.717, 1.165) is 12.8 Å². The van der Waals surface area contributed by atoms with Crippen LogP contribution in [-0.4, -0.2) is 15.0 Å². The lowest BCUT2D eigenvalue weighted by atomic mass is 10.1. The van der Waals surface area contributed by atoms with E-state index >= 15 is 0 Å². The number of anilines is 1. The van der Waals surface area contributed by atoms with E-state index in [1.807, 2.05) is 0 Å². The van der Waals surface area contributed by atoms with Crippen LogP contribution in [0, 0.1) is 5.92 Å². The van der Waals surface area contributed by atoms with Gasteiger partial charge in [-0.05, 0) is 37.0 Å². The van der Waals surface area contributed by atoms with Crippen molar-refractivity contribution in [2.75, 3.05) is 12.3 Å². The maximum absolute atomic E-state index is 12.0. The molecule has 6 heteroatoms. The molecule has 0 aliphatic carbocycles. The predicted octanol–water partition coefficient (Wildman–Crippen LogP) is 2.64. The average Bonchev–Trinajstić information content (AvgIpc) is 2.23. The van der Waals surface area contributed by atoms with Crippen molar-refractivity contribution in [1.82, 2.24) is 4.72 Å². The fraction of sp³-hybridized carbons (Fsp3) is 0.500. The van der Waals surface area contributed by atoms with Crippen LogP contribution in [0.4, 0.5) is 5.69 Å². The van der Waals surface area contributed by atoms with E-state index in [4.69, 9.17) is 17.3 Å². The molecular formula is C12H19ClN2O2S. The van der Waals surface area contributed by atoms with Crippen molar-refractivity contribution >= 4 is 27.3 Å². The van der Waals surface area contributed by atoms with Crippen molar-refractivity contribution in [1.29, 1.82) is 0 Å². The Morgan fingerprint density at radius 3 is 2.61 bits per heavy atom. The standard InChI is InChI=1S/C12H19ClN2O2S/c1-9(2)4-3-7-15-18(16,17)12-6-5-10(14)8-11(12)13/h5-6,8-9,15H,3-4,7,14H2,1-2H3. The fourth-order valence-electron chi connectivity index (χ4n) is 1.53. The minimum Gasteiger partial charge on any atom is -0.399 e. The smallest absolute Gasteiger partial charge is 0.242 e. The van der Waals surface area contributed by atoms with Crippen molar-refractivity contribution in [3.63, 3.8) is 0 Å². The molecule has 0 radical (unpaired) electrons. The third-order valence-corrected chi connectivity index (χ3v) is 4.44. The average molecular weight is 291 g/mol. The lowest BCUT2D eigenvalue weighted by Crippen LogP contribution is -2.25. The molecule has 0 saturated heterocycles. The highest BCUT2D eigenvalue weighted by atomic mass is 35.5. The maximum atomic E-state index is 12.0. The summed E-state index contributed by atoms with van der Waals surface area (Å²) in [6.07, 6.45) is 1.79. The molecule has 1 rings (SSSR count). The molecule has 1 aromatic rings. The first-order valence-corrected chi connectivity index (χ1v) is 7.73. The monoisotopic (exact) mass is 290 g/mol. The zero-order valence-electron chi connectivity index (χ0n) is 10.6. The summed E-state index contributed by atoms with van der Waals surface area (Å²) in [6.45, 7) is 4.62. The molecule has 0 atom stereocenters. The summed E-state index contributed by atoms with van der Waals surface area (Å²) < 4.78 is 26.5. The van der Waals surface area contributed by atoms with Gasteiger partial charge in [-0.2, -0.15) is 0 Å². The van der Waals surface area contributed by atoms with Gasteiger partial charge in [0.15, 0.2) is 0 Å². The van der Waals surface area contributed by atoms with Crippen LogP contribution in [0.2, 0.25) is 5.02 Å². The molecule has 1 aromatic carbocycles. The van der Waals surface area contributed by atoms with Gasteiger partial charge in [-0.1, -0.05) is 25.4 Å². The van der Waals surface area contributed by atoms with Gasteiger partial charge in [0, 0.05) is 12.2 Å². The van der Waals surface area contributed by atoms with Gasteiger partial charge in [0.05, 0.1) is 5.02 Å². The highest BCUT2D eigenvalue weighted by Crippen LogP contribution is 2.23. The van der Waals surface area contributed by atoms with Crippen molar-refractivity contribution in [3.05, 3.63) is 23.2 Å². The van der Waals surface area contributed by atoms with Crippen molar-refractivity contribution in [2.24, 2.45) is 5.92 Å². The molecule has 0 saturated carbocycles. The number of hydrogen-bond donors (Lipinski definition) is 2. The van der Waals surface area contributed by atoms with Crippen molar-refractivity contribution < 1.29 is 8.42 Å². The van der Waals surface area contributed by atoms with Gasteiger partial charge in [0.2, 0.25) is 10.0 Å². The molecule has 0 aliphatic rings. The zero-order chi connectivity index (χ0) is 13.8. The largest absolute Gasteiger partial charge is 0.399 e.